The van der Waals surface area contributed by atoms with E-state index in [0.29, 0.717) is 45.1 Å². The van der Waals surface area contributed by atoms with Gasteiger partial charge in [0.25, 0.3) is 5.91 Å². The van der Waals surface area contributed by atoms with Gasteiger partial charge < -0.3 is 20.1 Å². The number of carbonyl (C=O) groups is 1. The van der Waals surface area contributed by atoms with Crippen molar-refractivity contribution in [2.24, 2.45) is 0 Å². The molecule has 2 N–H and O–H groups in total. The molecule has 2 aromatic carbocycles. The fourth-order valence-corrected chi connectivity index (χ4v) is 3.75. The van der Waals surface area contributed by atoms with Crippen LogP contribution in [-0.4, -0.2) is 38.9 Å². The molecule has 2 heterocycles. The van der Waals surface area contributed by atoms with Gasteiger partial charge in [0.2, 0.25) is 5.95 Å². The summed E-state index contributed by atoms with van der Waals surface area (Å²) in [7, 11) is 1.53. The zero-order chi connectivity index (χ0) is 26.5. The smallest absolute Gasteiger partial charge is 0.255 e. The predicted molar refractivity (Wildman–Crippen MR) is 145 cm³/mol. The Morgan fingerprint density at radius 1 is 1.08 bits per heavy atom. The van der Waals surface area contributed by atoms with Crippen molar-refractivity contribution in [1.29, 1.82) is 0 Å². The molecule has 0 bridgehead atoms. The first kappa shape index (κ1) is 26.0. The van der Waals surface area contributed by atoms with Crippen LogP contribution in [0, 0.1) is 0 Å². The Kier molecular flexibility index (Phi) is 7.93. The molecule has 0 fully saturated rings. The summed E-state index contributed by atoms with van der Waals surface area (Å²) >= 11 is 6.37. The monoisotopic (exact) mass is 520 g/mol. The fourth-order valence-electron chi connectivity index (χ4n) is 3.55. The molecular formula is C27H29ClN6O3. The molecule has 4 aromatic rings. The lowest BCUT2D eigenvalue weighted by molar-refractivity contribution is 0.102. The highest BCUT2D eigenvalue weighted by Crippen LogP contribution is 2.31. The number of hydrogen-bond acceptors (Lipinski definition) is 7. The van der Waals surface area contributed by atoms with Gasteiger partial charge >= 0.3 is 0 Å². The third-order valence-corrected chi connectivity index (χ3v) is 5.60. The van der Waals surface area contributed by atoms with Crippen molar-refractivity contribution >= 4 is 34.8 Å². The Hall–Kier alpha value is -4.11. The second-order valence-electron chi connectivity index (χ2n) is 8.88. The molecule has 0 radical (unpaired) electrons. The summed E-state index contributed by atoms with van der Waals surface area (Å²) < 4.78 is 13.1. The molecule has 0 aliphatic carbocycles. The third-order valence-electron chi connectivity index (χ3n) is 5.32. The highest BCUT2D eigenvalue weighted by atomic mass is 35.5. The first-order valence-corrected chi connectivity index (χ1v) is 12.2. The van der Waals surface area contributed by atoms with Crippen LogP contribution in [0.3, 0.4) is 0 Å². The number of hydrogen-bond donors (Lipinski definition) is 2. The van der Waals surface area contributed by atoms with Crippen molar-refractivity contribution < 1.29 is 14.3 Å². The van der Waals surface area contributed by atoms with Crippen LogP contribution in [0.15, 0.2) is 61.1 Å². The summed E-state index contributed by atoms with van der Waals surface area (Å²) in [6.07, 6.45) is 5.18. The van der Waals surface area contributed by atoms with Crippen LogP contribution in [0.2, 0.25) is 5.02 Å². The summed E-state index contributed by atoms with van der Waals surface area (Å²) in [5, 5.41) is 10.8. The molecule has 0 aliphatic rings. The first-order chi connectivity index (χ1) is 17.7. The average Bonchev–Trinajstić information content (AvgIpc) is 3.36. The summed E-state index contributed by atoms with van der Waals surface area (Å²) in [4.78, 5) is 21.8. The second kappa shape index (κ2) is 11.3. The highest BCUT2D eigenvalue weighted by molar-refractivity contribution is 6.32. The molecule has 0 saturated heterocycles. The van der Waals surface area contributed by atoms with Crippen molar-refractivity contribution in [2.75, 3.05) is 17.7 Å². The first-order valence-electron chi connectivity index (χ1n) is 11.8. The highest BCUT2D eigenvalue weighted by Gasteiger charge is 2.15. The van der Waals surface area contributed by atoms with Crippen molar-refractivity contribution in [3.63, 3.8) is 0 Å². The minimum absolute atomic E-state index is 0.0358. The van der Waals surface area contributed by atoms with Crippen molar-refractivity contribution in [1.82, 2.24) is 19.7 Å². The van der Waals surface area contributed by atoms with Crippen LogP contribution in [0.25, 0.3) is 11.3 Å². The summed E-state index contributed by atoms with van der Waals surface area (Å²) in [6.45, 7) is 7.98. The van der Waals surface area contributed by atoms with Crippen molar-refractivity contribution in [3.05, 3.63) is 71.6 Å². The molecule has 9 nitrogen and oxygen atoms in total. The van der Waals surface area contributed by atoms with Crippen molar-refractivity contribution in [3.8, 4) is 22.8 Å². The van der Waals surface area contributed by atoms with E-state index >= 15 is 0 Å². The predicted octanol–water partition coefficient (Wildman–Crippen LogP) is 6.37. The van der Waals surface area contributed by atoms with Gasteiger partial charge in [-0.25, -0.2) is 9.97 Å². The number of nitrogens with zero attached hydrogens (tertiary/aromatic N) is 4. The average molecular weight is 521 g/mol. The van der Waals surface area contributed by atoms with Gasteiger partial charge in [-0.05, 0) is 58.0 Å². The normalized spacial score (nSPS) is 11.0. The Bertz CT molecular complexity index is 1400. The summed E-state index contributed by atoms with van der Waals surface area (Å²) in [6, 6.07) is 12.6. The molecule has 37 heavy (non-hydrogen) atoms. The van der Waals surface area contributed by atoms with E-state index in [2.05, 4.69) is 25.7 Å². The lowest BCUT2D eigenvalue weighted by Crippen LogP contribution is -2.13. The van der Waals surface area contributed by atoms with Gasteiger partial charge in [0.15, 0.2) is 0 Å². The van der Waals surface area contributed by atoms with Crippen LogP contribution in [-0.2, 0) is 0 Å². The number of amides is 1. The maximum Gasteiger partial charge on any atom is 0.255 e. The number of anilines is 3. The van der Waals surface area contributed by atoms with E-state index in [9.17, 15) is 4.79 Å². The topological polar surface area (TPSA) is 103 Å². The molecule has 192 valence electrons. The zero-order valence-electron chi connectivity index (χ0n) is 21.3. The van der Waals surface area contributed by atoms with Gasteiger partial charge in [-0.2, -0.15) is 5.10 Å². The Morgan fingerprint density at radius 2 is 1.89 bits per heavy atom. The van der Waals surface area contributed by atoms with Gasteiger partial charge in [0.05, 0.1) is 42.0 Å². The standard InChI is InChI=1S/C27H29ClN6O3/c1-16(2)34-15-19(13-30-34)25-22(28)14-29-27(33-25)32-23-10-9-18(11-24(23)36-5)26(35)31-20-7-6-8-21(12-20)37-17(3)4/h6-17H,1-5H3,(H,31,35)(H,29,32,33). The number of benzene rings is 2. The van der Waals surface area contributed by atoms with Gasteiger partial charge in [0, 0.05) is 35.1 Å². The van der Waals surface area contributed by atoms with Gasteiger partial charge in [-0.15, -0.1) is 0 Å². The van der Waals surface area contributed by atoms with E-state index in [1.807, 2.05) is 50.7 Å². The maximum absolute atomic E-state index is 12.9. The van der Waals surface area contributed by atoms with E-state index in [1.54, 1.807) is 36.5 Å². The molecule has 0 aliphatic heterocycles. The molecule has 1 amide bonds. The molecule has 10 heteroatoms. The van der Waals surface area contributed by atoms with Crippen molar-refractivity contribution in [2.45, 2.75) is 39.8 Å². The third kappa shape index (κ3) is 6.37. The number of carbonyl (C=O) groups excluding carboxylic acids is 1. The van der Waals surface area contributed by atoms with Gasteiger partial charge in [0.1, 0.15) is 11.5 Å². The molecular weight excluding hydrogens is 492 g/mol. The number of rotatable bonds is 9. The zero-order valence-corrected chi connectivity index (χ0v) is 22.1. The Labute approximate surface area is 220 Å². The second-order valence-corrected chi connectivity index (χ2v) is 9.29. The molecule has 4 rings (SSSR count). The SMILES string of the molecule is COc1cc(C(=O)Nc2cccc(OC(C)C)c2)ccc1Nc1ncc(Cl)c(-c2cnn(C(C)C)c2)n1. The van der Waals surface area contributed by atoms with Gasteiger partial charge in [-0.1, -0.05) is 17.7 Å². The van der Waals surface area contributed by atoms with Crippen LogP contribution >= 0.6 is 11.6 Å². The molecule has 0 atom stereocenters. The summed E-state index contributed by atoms with van der Waals surface area (Å²) in [5.41, 5.74) is 3.00. The van der Waals surface area contributed by atoms with Crippen LogP contribution < -0.4 is 20.1 Å². The van der Waals surface area contributed by atoms with Crippen LogP contribution in [0.5, 0.6) is 11.5 Å². The van der Waals surface area contributed by atoms with E-state index < -0.39 is 0 Å². The minimum Gasteiger partial charge on any atom is -0.495 e. The lowest BCUT2D eigenvalue weighted by atomic mass is 10.1. The van der Waals surface area contributed by atoms with Crippen LogP contribution in [0.4, 0.5) is 17.3 Å². The lowest BCUT2D eigenvalue weighted by Gasteiger charge is -2.14. The summed E-state index contributed by atoms with van der Waals surface area (Å²) in [5.74, 6) is 1.19. The fraction of sp³-hybridized carbons (Fsp3) is 0.259. The van der Waals surface area contributed by atoms with Crippen LogP contribution in [0.1, 0.15) is 44.1 Å². The Balaban J connectivity index is 1.52. The van der Waals surface area contributed by atoms with E-state index in [1.165, 1.54) is 13.3 Å². The maximum atomic E-state index is 12.9. The number of halogens is 1. The minimum atomic E-state index is -0.279. The quantitative estimate of drug-likeness (QED) is 0.264. The molecule has 0 spiro atoms. The number of aromatic nitrogens is 4. The largest absolute Gasteiger partial charge is 0.495 e. The number of methoxy groups -OCH3 is 1. The molecule has 0 unspecified atom stereocenters. The van der Waals surface area contributed by atoms with E-state index in [4.69, 9.17) is 21.1 Å². The number of nitrogens with one attached hydrogen (secondary N) is 2. The Morgan fingerprint density at radius 3 is 2.59 bits per heavy atom. The number of ether oxygens (including phenoxy) is 2. The van der Waals surface area contributed by atoms with E-state index in [-0.39, 0.29) is 18.1 Å². The van der Waals surface area contributed by atoms with Gasteiger partial charge in [-0.3, -0.25) is 9.48 Å². The molecule has 0 saturated carbocycles. The van der Waals surface area contributed by atoms with E-state index in [0.717, 1.165) is 5.56 Å². The molecule has 2 aromatic heterocycles.